The molecule has 0 aromatic rings. The summed E-state index contributed by atoms with van der Waals surface area (Å²) < 4.78 is 35.8. The van der Waals surface area contributed by atoms with Gasteiger partial charge in [0.25, 0.3) is 0 Å². The van der Waals surface area contributed by atoms with E-state index >= 15 is 0 Å². The van der Waals surface area contributed by atoms with Crippen LogP contribution in [0.3, 0.4) is 0 Å². The van der Waals surface area contributed by atoms with E-state index < -0.39 is 11.9 Å². The van der Waals surface area contributed by atoms with Crippen LogP contribution in [0, 0.1) is 5.41 Å². The van der Waals surface area contributed by atoms with Crippen molar-refractivity contribution in [2.45, 2.75) is 6.18 Å². The minimum Gasteiger partial charge on any atom is -0.383 e. The van der Waals surface area contributed by atoms with Crippen LogP contribution in [0.5, 0.6) is 0 Å². The van der Waals surface area contributed by atoms with Gasteiger partial charge in [-0.25, -0.2) is 0 Å². The first-order chi connectivity index (χ1) is 5.30. The first kappa shape index (κ1) is 12.2. The Morgan fingerprint density at radius 3 is 2.00 bits per heavy atom. The van der Waals surface area contributed by atoms with Crippen LogP contribution in [0.4, 0.5) is 13.2 Å². The second-order valence-electron chi connectivity index (χ2n) is 1.75. The van der Waals surface area contributed by atoms with Gasteiger partial charge in [-0.2, -0.15) is 13.2 Å². The van der Waals surface area contributed by atoms with Crippen molar-refractivity contribution in [2.24, 2.45) is 0 Å². The smallest absolute Gasteiger partial charge is 0.383 e. The summed E-state index contributed by atoms with van der Waals surface area (Å²) in [7, 11) is 1.16. The first-order valence-electron chi connectivity index (χ1n) is 2.69. The van der Waals surface area contributed by atoms with Gasteiger partial charge in [0.15, 0.2) is 0 Å². The Kier molecular flexibility index (Phi) is 4.53. The van der Waals surface area contributed by atoms with Crippen molar-refractivity contribution in [1.29, 1.82) is 5.41 Å². The van der Waals surface area contributed by atoms with Gasteiger partial charge in [0.1, 0.15) is 10.3 Å². The third-order valence-electron chi connectivity index (χ3n) is 0.946. The lowest BCUT2D eigenvalue weighted by atomic mass is 10.4. The van der Waals surface area contributed by atoms with E-state index in [-0.39, 0.29) is 8.20 Å². The van der Waals surface area contributed by atoms with Crippen LogP contribution >= 0.6 is 38.5 Å². The van der Waals surface area contributed by atoms with Gasteiger partial charge < -0.3 is 5.32 Å². The molecule has 0 aliphatic heterocycles. The number of alkyl halides is 3. The molecule has 0 unspecified atom stereocenters. The molecule has 0 spiro atoms. The lowest BCUT2D eigenvalue weighted by molar-refractivity contribution is -0.0959. The van der Waals surface area contributed by atoms with Crippen molar-refractivity contribution < 1.29 is 13.2 Å². The highest BCUT2D eigenvalue weighted by Gasteiger charge is 2.35. The first-order valence-corrected chi connectivity index (χ1v) is 4.57. The normalized spacial score (nSPS) is 13.8. The molecule has 0 radical (unpaired) electrons. The summed E-state index contributed by atoms with van der Waals surface area (Å²) in [6.07, 6.45) is -4.44. The predicted octanol–water partition coefficient (Wildman–Crippen LogP) is 2.79. The summed E-state index contributed by atoms with van der Waals surface area (Å²) in [6.45, 7) is 0. The second kappa shape index (κ2) is 4.45. The van der Waals surface area contributed by atoms with Crippen LogP contribution in [-0.2, 0) is 0 Å². The van der Waals surface area contributed by atoms with Crippen molar-refractivity contribution in [3.05, 3.63) is 9.28 Å². The summed E-state index contributed by atoms with van der Waals surface area (Å²) in [6, 6.07) is 0. The van der Waals surface area contributed by atoms with Crippen molar-refractivity contribution >= 4 is 43.1 Å². The van der Waals surface area contributed by atoms with Gasteiger partial charge >= 0.3 is 6.18 Å². The fourth-order valence-electron chi connectivity index (χ4n) is 0.486. The quantitative estimate of drug-likeness (QED) is 0.579. The average molecular weight is 357 g/mol. The molecule has 0 fully saturated rings. The zero-order valence-corrected chi connectivity index (χ0v) is 9.63. The number of rotatable bonds is 2. The fourth-order valence-corrected chi connectivity index (χ4v) is 1.26. The Morgan fingerprint density at radius 2 is 1.92 bits per heavy atom. The molecule has 2 N–H and O–H groups in total. The molecule has 0 aliphatic rings. The van der Waals surface area contributed by atoms with Crippen molar-refractivity contribution in [3.8, 4) is 0 Å². The summed E-state index contributed by atoms with van der Waals surface area (Å²) in [5, 5.41) is 8.92. The van der Waals surface area contributed by atoms with Crippen molar-refractivity contribution in [2.75, 3.05) is 7.05 Å². The third kappa shape index (κ3) is 3.30. The molecule has 0 atom stereocenters. The second-order valence-corrected chi connectivity index (χ2v) is 3.62. The largest absolute Gasteiger partial charge is 0.432 e. The van der Waals surface area contributed by atoms with Gasteiger partial charge in [0.05, 0.1) is 3.58 Å². The molecular formula is C5H5BrF3IN2. The number of allylic oxidation sites excluding steroid dienone is 2. The van der Waals surface area contributed by atoms with Gasteiger partial charge in [0.2, 0.25) is 0 Å². The van der Waals surface area contributed by atoms with Crippen molar-refractivity contribution in [1.82, 2.24) is 5.32 Å². The topological polar surface area (TPSA) is 35.9 Å². The maximum absolute atomic E-state index is 12.1. The zero-order valence-electron chi connectivity index (χ0n) is 5.89. The van der Waals surface area contributed by atoms with E-state index in [9.17, 15) is 13.2 Å². The zero-order chi connectivity index (χ0) is 9.94. The average Bonchev–Trinajstić information content (AvgIpc) is 1.85. The number of halogens is 5. The molecule has 0 saturated carbocycles. The molecule has 0 rings (SSSR count). The summed E-state index contributed by atoms with van der Waals surface area (Å²) in [5.74, 6) is 0. The standard InChI is InChI=1S/C5H5BrF3IN2/c1-12-3(5(7,8)9)2(10)4(6)11/h11-12H,1H3/b3-2+,11-4?. The van der Waals surface area contributed by atoms with Gasteiger partial charge in [0, 0.05) is 7.05 Å². The Balaban J connectivity index is 5.01. The maximum Gasteiger partial charge on any atom is 0.432 e. The SMILES string of the molecule is CN/C(=C(/I)C(=N)Br)C(F)(F)F. The molecule has 70 valence electrons. The molecule has 0 heterocycles. The lowest BCUT2D eigenvalue weighted by Gasteiger charge is -2.12. The van der Waals surface area contributed by atoms with E-state index in [4.69, 9.17) is 5.41 Å². The minimum atomic E-state index is -4.44. The van der Waals surface area contributed by atoms with E-state index in [0.29, 0.717) is 0 Å². The highest BCUT2D eigenvalue weighted by molar-refractivity contribution is 14.1. The van der Waals surface area contributed by atoms with Crippen LogP contribution in [-0.4, -0.2) is 17.8 Å². The monoisotopic (exact) mass is 356 g/mol. The van der Waals surface area contributed by atoms with Gasteiger partial charge in [-0.15, -0.1) is 0 Å². The van der Waals surface area contributed by atoms with Crippen molar-refractivity contribution in [3.63, 3.8) is 0 Å². The fraction of sp³-hybridized carbons (Fsp3) is 0.400. The van der Waals surface area contributed by atoms with E-state index in [0.717, 1.165) is 7.05 Å². The van der Waals surface area contributed by atoms with Crippen LogP contribution < -0.4 is 5.32 Å². The molecule has 0 amide bonds. The molecule has 2 nitrogen and oxygen atoms in total. The van der Waals surface area contributed by atoms with Crippen LogP contribution in [0.2, 0.25) is 0 Å². The molecule has 0 saturated heterocycles. The molecule has 0 aliphatic carbocycles. The van der Waals surface area contributed by atoms with Gasteiger partial charge in [-0.1, -0.05) is 0 Å². The molecular weight excluding hydrogens is 352 g/mol. The highest BCUT2D eigenvalue weighted by atomic mass is 127. The Bertz CT molecular complexity index is 223. The molecule has 12 heavy (non-hydrogen) atoms. The number of nitrogens with one attached hydrogen (secondary N) is 2. The third-order valence-corrected chi connectivity index (χ3v) is 3.16. The molecule has 0 aromatic heterocycles. The molecule has 0 aromatic carbocycles. The lowest BCUT2D eigenvalue weighted by Crippen LogP contribution is -2.25. The van der Waals surface area contributed by atoms with Gasteiger partial charge in [-0.05, 0) is 38.5 Å². The summed E-state index contributed by atoms with van der Waals surface area (Å²) in [4.78, 5) is 0. The van der Waals surface area contributed by atoms with E-state index in [1.54, 1.807) is 0 Å². The van der Waals surface area contributed by atoms with Crippen LogP contribution in [0.15, 0.2) is 9.28 Å². The van der Waals surface area contributed by atoms with E-state index in [1.165, 1.54) is 22.6 Å². The highest BCUT2D eigenvalue weighted by Crippen LogP contribution is 2.29. The maximum atomic E-state index is 12.1. The van der Waals surface area contributed by atoms with Gasteiger partial charge in [-0.3, -0.25) is 5.41 Å². The molecule has 0 bridgehead atoms. The predicted molar refractivity (Wildman–Crippen MR) is 52.8 cm³/mol. The van der Waals surface area contributed by atoms with E-state index in [2.05, 4.69) is 15.9 Å². The summed E-state index contributed by atoms with van der Waals surface area (Å²) in [5.41, 5.74) is -0.912. The Labute approximate surface area is 89.4 Å². The van der Waals surface area contributed by atoms with E-state index in [1.807, 2.05) is 5.32 Å². The summed E-state index contributed by atoms with van der Waals surface area (Å²) >= 11 is 4.10. The Morgan fingerprint density at radius 1 is 1.50 bits per heavy atom. The molecule has 7 heteroatoms. The van der Waals surface area contributed by atoms with Crippen LogP contribution in [0.25, 0.3) is 0 Å². The minimum absolute atomic E-state index is 0.192. The Hall–Kier alpha value is 0.210. The van der Waals surface area contributed by atoms with Crippen LogP contribution in [0.1, 0.15) is 0 Å². The number of hydrogen-bond acceptors (Lipinski definition) is 2. The number of hydrogen-bond donors (Lipinski definition) is 2.